The monoisotopic (exact) mass is 295 g/mol. The molecule has 1 aromatic rings. The minimum Gasteiger partial charge on any atom is -0.488 e. The molecule has 1 fully saturated rings. The van der Waals surface area contributed by atoms with Crippen LogP contribution in [0.25, 0.3) is 0 Å². The number of nitrogens with zero attached hydrogens (tertiary/aromatic N) is 1. The van der Waals surface area contributed by atoms with E-state index in [2.05, 4.69) is 13.8 Å². The van der Waals surface area contributed by atoms with Crippen LogP contribution in [-0.2, 0) is 4.74 Å². The number of nitro groups is 1. The number of quaternary nitrogens is 1. The van der Waals surface area contributed by atoms with Crippen molar-refractivity contribution >= 4 is 5.69 Å². The summed E-state index contributed by atoms with van der Waals surface area (Å²) < 4.78 is 11.4. The lowest BCUT2D eigenvalue weighted by Gasteiger charge is -2.32. The molecule has 1 heterocycles. The van der Waals surface area contributed by atoms with Gasteiger partial charge >= 0.3 is 0 Å². The van der Waals surface area contributed by atoms with Gasteiger partial charge in [0.15, 0.2) is 0 Å². The number of hydrogen-bond donors (Lipinski definition) is 1. The van der Waals surface area contributed by atoms with Crippen molar-refractivity contribution in [2.75, 3.05) is 26.2 Å². The normalized spacial score (nSPS) is 25.6. The number of benzene rings is 1. The number of morpholine rings is 1. The molecule has 1 N–H and O–H groups in total. The zero-order valence-electron chi connectivity index (χ0n) is 12.8. The van der Waals surface area contributed by atoms with Gasteiger partial charge in [-0.25, -0.2) is 0 Å². The number of hydrogen-bond acceptors (Lipinski definition) is 4. The van der Waals surface area contributed by atoms with E-state index in [1.807, 2.05) is 0 Å². The Morgan fingerprint density at radius 1 is 1.38 bits per heavy atom. The second-order valence-electron chi connectivity index (χ2n) is 5.72. The van der Waals surface area contributed by atoms with Crippen LogP contribution in [0.4, 0.5) is 5.69 Å². The molecule has 0 unspecified atom stereocenters. The van der Waals surface area contributed by atoms with Crippen LogP contribution in [0.15, 0.2) is 18.2 Å². The molecule has 0 amide bonds. The summed E-state index contributed by atoms with van der Waals surface area (Å²) in [4.78, 5) is 11.9. The maximum absolute atomic E-state index is 10.8. The number of nitrogens with one attached hydrogen (secondary N) is 1. The SMILES string of the molecule is Cc1cc(OCC[NH+]2C[C@@H](C)O[C@H](C)C2)ccc1[N+](=O)[O-]. The third kappa shape index (κ3) is 4.41. The van der Waals surface area contributed by atoms with Crippen molar-refractivity contribution in [1.82, 2.24) is 0 Å². The van der Waals surface area contributed by atoms with Crippen LogP contribution in [0.2, 0.25) is 0 Å². The third-order valence-corrected chi connectivity index (χ3v) is 3.71. The van der Waals surface area contributed by atoms with Gasteiger partial charge in [0.05, 0.1) is 4.92 Å². The van der Waals surface area contributed by atoms with Gasteiger partial charge in [-0.05, 0) is 32.9 Å². The van der Waals surface area contributed by atoms with Crippen molar-refractivity contribution in [3.05, 3.63) is 33.9 Å². The first-order valence-electron chi connectivity index (χ1n) is 7.32. The summed E-state index contributed by atoms with van der Waals surface area (Å²) in [6, 6.07) is 4.87. The summed E-state index contributed by atoms with van der Waals surface area (Å²) in [6.45, 7) is 9.41. The van der Waals surface area contributed by atoms with Gasteiger partial charge in [-0.1, -0.05) is 0 Å². The van der Waals surface area contributed by atoms with Crippen LogP contribution in [0.1, 0.15) is 19.4 Å². The molecule has 1 aliphatic heterocycles. The predicted octanol–water partition coefficient (Wildman–Crippen LogP) is 0.974. The molecule has 1 aromatic carbocycles. The van der Waals surface area contributed by atoms with Gasteiger partial charge in [0, 0.05) is 11.6 Å². The number of ether oxygens (including phenoxy) is 2. The maximum atomic E-state index is 10.8. The highest BCUT2D eigenvalue weighted by Gasteiger charge is 2.25. The first kappa shape index (κ1) is 15.7. The van der Waals surface area contributed by atoms with Crippen molar-refractivity contribution < 1.29 is 19.3 Å². The fraction of sp³-hybridized carbons (Fsp3) is 0.600. The molecule has 1 saturated heterocycles. The summed E-state index contributed by atoms with van der Waals surface area (Å²) in [5.41, 5.74) is 0.752. The maximum Gasteiger partial charge on any atom is 0.272 e. The van der Waals surface area contributed by atoms with Gasteiger partial charge in [-0.2, -0.15) is 0 Å². The second kappa shape index (κ2) is 6.87. The summed E-state index contributed by atoms with van der Waals surface area (Å²) >= 11 is 0. The summed E-state index contributed by atoms with van der Waals surface area (Å²) in [5, 5.41) is 10.8. The van der Waals surface area contributed by atoms with E-state index >= 15 is 0 Å². The van der Waals surface area contributed by atoms with E-state index in [4.69, 9.17) is 9.47 Å². The highest BCUT2D eigenvalue weighted by molar-refractivity contribution is 5.44. The van der Waals surface area contributed by atoms with Crippen LogP contribution in [0.3, 0.4) is 0 Å². The van der Waals surface area contributed by atoms with E-state index < -0.39 is 0 Å². The fourth-order valence-electron chi connectivity index (χ4n) is 2.83. The van der Waals surface area contributed by atoms with E-state index in [-0.39, 0.29) is 22.8 Å². The minimum atomic E-state index is -0.375. The second-order valence-corrected chi connectivity index (χ2v) is 5.72. The van der Waals surface area contributed by atoms with Crippen molar-refractivity contribution in [2.45, 2.75) is 33.0 Å². The van der Waals surface area contributed by atoms with E-state index in [1.165, 1.54) is 11.0 Å². The van der Waals surface area contributed by atoms with Crippen LogP contribution in [-0.4, -0.2) is 43.4 Å². The fourth-order valence-corrected chi connectivity index (χ4v) is 2.83. The Bertz CT molecular complexity index is 496. The smallest absolute Gasteiger partial charge is 0.272 e. The largest absolute Gasteiger partial charge is 0.488 e. The molecular formula is C15H23N2O4+. The molecule has 116 valence electrons. The van der Waals surface area contributed by atoms with Gasteiger partial charge in [-0.3, -0.25) is 10.1 Å². The van der Waals surface area contributed by atoms with Gasteiger partial charge in [0.2, 0.25) is 0 Å². The number of aryl methyl sites for hydroxylation is 1. The summed E-state index contributed by atoms with van der Waals surface area (Å²) in [5.74, 6) is 0.687. The molecule has 2 atom stereocenters. The number of nitro benzene ring substituents is 1. The van der Waals surface area contributed by atoms with Gasteiger partial charge in [0.25, 0.3) is 5.69 Å². The molecule has 1 aliphatic rings. The minimum absolute atomic E-state index is 0.129. The van der Waals surface area contributed by atoms with E-state index in [9.17, 15) is 10.1 Å². The van der Waals surface area contributed by atoms with Crippen LogP contribution in [0.5, 0.6) is 5.75 Å². The molecule has 0 aliphatic carbocycles. The Labute approximate surface area is 124 Å². The van der Waals surface area contributed by atoms with E-state index in [0.29, 0.717) is 17.9 Å². The molecule has 6 nitrogen and oxygen atoms in total. The topological polar surface area (TPSA) is 66.0 Å². The summed E-state index contributed by atoms with van der Waals surface area (Å²) in [7, 11) is 0. The molecule has 0 bridgehead atoms. The molecule has 0 radical (unpaired) electrons. The van der Waals surface area contributed by atoms with Gasteiger partial charge in [-0.15, -0.1) is 0 Å². The average Bonchev–Trinajstić information content (AvgIpc) is 2.37. The molecule has 0 spiro atoms. The van der Waals surface area contributed by atoms with Gasteiger partial charge in [0.1, 0.15) is 44.2 Å². The first-order chi connectivity index (χ1) is 9.95. The highest BCUT2D eigenvalue weighted by atomic mass is 16.6. The lowest BCUT2D eigenvalue weighted by atomic mass is 10.2. The van der Waals surface area contributed by atoms with Crippen molar-refractivity contribution in [3.8, 4) is 5.75 Å². The quantitative estimate of drug-likeness (QED) is 0.649. The first-order valence-corrected chi connectivity index (χ1v) is 7.32. The Morgan fingerprint density at radius 3 is 2.62 bits per heavy atom. The third-order valence-electron chi connectivity index (χ3n) is 3.71. The van der Waals surface area contributed by atoms with Crippen molar-refractivity contribution in [2.24, 2.45) is 0 Å². The zero-order valence-corrected chi connectivity index (χ0v) is 12.8. The van der Waals surface area contributed by atoms with Crippen LogP contribution >= 0.6 is 0 Å². The van der Waals surface area contributed by atoms with E-state index in [0.717, 1.165) is 19.6 Å². The Morgan fingerprint density at radius 2 is 2.05 bits per heavy atom. The molecule has 0 aromatic heterocycles. The van der Waals surface area contributed by atoms with Crippen LogP contribution < -0.4 is 9.64 Å². The highest BCUT2D eigenvalue weighted by Crippen LogP contribution is 2.22. The Hall–Kier alpha value is -1.66. The molecule has 21 heavy (non-hydrogen) atoms. The molecule has 0 saturated carbocycles. The van der Waals surface area contributed by atoms with Crippen molar-refractivity contribution in [3.63, 3.8) is 0 Å². The molecule has 6 heteroatoms. The Kier molecular flexibility index (Phi) is 5.14. The Balaban J connectivity index is 1.83. The molecular weight excluding hydrogens is 272 g/mol. The summed E-state index contributed by atoms with van der Waals surface area (Å²) in [6.07, 6.45) is 0.565. The van der Waals surface area contributed by atoms with Gasteiger partial charge < -0.3 is 14.4 Å². The average molecular weight is 295 g/mol. The van der Waals surface area contributed by atoms with Crippen molar-refractivity contribution in [1.29, 1.82) is 0 Å². The van der Waals surface area contributed by atoms with E-state index in [1.54, 1.807) is 19.1 Å². The molecule has 2 rings (SSSR count). The lowest BCUT2D eigenvalue weighted by molar-refractivity contribution is -0.915. The standard InChI is InChI=1S/C15H22N2O4/c1-11-8-14(4-5-15(11)17(18)19)20-7-6-16-9-12(2)21-13(3)10-16/h4-5,8,12-13H,6-7,9-10H2,1-3H3/p+1/t12-,13-/m1/s1. The lowest BCUT2D eigenvalue weighted by Crippen LogP contribution is -3.16. The number of rotatable bonds is 5. The predicted molar refractivity (Wildman–Crippen MR) is 78.9 cm³/mol. The zero-order chi connectivity index (χ0) is 15.4. The van der Waals surface area contributed by atoms with Crippen LogP contribution in [0, 0.1) is 17.0 Å².